The molecule has 0 bridgehead atoms. The second kappa shape index (κ2) is 12.5. The summed E-state index contributed by atoms with van der Waals surface area (Å²) in [5.74, 6) is 4.79. The number of benzene rings is 1. The molecule has 1 aromatic rings. The molecule has 6 rings (SSSR count). The molecule has 5 fully saturated rings. The van der Waals surface area contributed by atoms with Gasteiger partial charge >= 0.3 is 5.97 Å². The SMILES string of the molecule is C.C.CC1C(c2ccc(C(=O)O)cc2)CCC2(C)C1CCC1(C)C3CCC4(CN)CCCC4C3CCC21.CCC. The zero-order valence-corrected chi connectivity index (χ0v) is 25.0. The van der Waals surface area contributed by atoms with E-state index in [1.807, 2.05) is 12.1 Å². The van der Waals surface area contributed by atoms with Crippen LogP contribution in [-0.4, -0.2) is 17.6 Å². The molecule has 3 heteroatoms. The molecule has 1 aromatic carbocycles. The maximum atomic E-state index is 11.3. The van der Waals surface area contributed by atoms with Gasteiger partial charge in [-0.3, -0.25) is 0 Å². The standard InChI is InChI=1S/C32H47NO2.C3H8.2CH4/c1-20-23(21-6-8-22(9-7-21)29(34)35)12-16-30(2)25(20)13-17-31(3)26-14-18-32(19-33)15-4-5-27(32)24(26)10-11-28(30)31;1-3-2;;/h6-9,20,23-28H,4-5,10-19,33H2,1-3H3,(H,34,35);3H2,1-2H3;2*1H4. The molecule has 40 heavy (non-hydrogen) atoms. The number of nitrogens with two attached hydrogens (primary N) is 1. The number of carboxylic acids is 1. The van der Waals surface area contributed by atoms with Gasteiger partial charge in [-0.2, -0.15) is 0 Å². The van der Waals surface area contributed by atoms with Gasteiger partial charge in [-0.25, -0.2) is 4.79 Å². The number of aromatic carboxylic acids is 1. The molecule has 0 heterocycles. The molecule has 10 atom stereocenters. The fourth-order valence-electron chi connectivity index (χ4n) is 11.7. The van der Waals surface area contributed by atoms with E-state index in [0.717, 1.165) is 36.1 Å². The van der Waals surface area contributed by atoms with Crippen LogP contribution in [0.3, 0.4) is 0 Å². The van der Waals surface area contributed by atoms with Gasteiger partial charge in [0.05, 0.1) is 5.56 Å². The summed E-state index contributed by atoms with van der Waals surface area (Å²) in [6.07, 6.45) is 16.6. The van der Waals surface area contributed by atoms with Crippen molar-refractivity contribution in [3.05, 3.63) is 35.4 Å². The van der Waals surface area contributed by atoms with E-state index in [4.69, 9.17) is 5.73 Å². The summed E-state index contributed by atoms with van der Waals surface area (Å²) in [6.45, 7) is 13.1. The lowest BCUT2D eigenvalue weighted by Crippen LogP contribution is -2.61. The summed E-state index contributed by atoms with van der Waals surface area (Å²) in [5.41, 5.74) is 9.64. The minimum absolute atomic E-state index is 0. The van der Waals surface area contributed by atoms with Crippen LogP contribution >= 0.6 is 0 Å². The Bertz CT molecular complexity index is 988. The van der Waals surface area contributed by atoms with Crippen molar-refractivity contribution in [2.45, 2.75) is 132 Å². The van der Waals surface area contributed by atoms with Crippen molar-refractivity contribution < 1.29 is 9.90 Å². The quantitative estimate of drug-likeness (QED) is 0.391. The van der Waals surface area contributed by atoms with Crippen molar-refractivity contribution in [3.8, 4) is 0 Å². The molecular formula is C37H63NO2. The number of hydrogen-bond acceptors (Lipinski definition) is 2. The summed E-state index contributed by atoms with van der Waals surface area (Å²) >= 11 is 0. The molecule has 3 nitrogen and oxygen atoms in total. The molecule has 0 aromatic heterocycles. The molecule has 5 aliphatic carbocycles. The van der Waals surface area contributed by atoms with Gasteiger partial charge in [0.15, 0.2) is 0 Å². The van der Waals surface area contributed by atoms with E-state index in [0.29, 0.717) is 33.6 Å². The first-order chi connectivity index (χ1) is 18.1. The largest absolute Gasteiger partial charge is 0.478 e. The minimum atomic E-state index is -0.827. The van der Waals surface area contributed by atoms with Crippen LogP contribution in [-0.2, 0) is 0 Å². The first-order valence-corrected chi connectivity index (χ1v) is 16.2. The minimum Gasteiger partial charge on any atom is -0.478 e. The smallest absolute Gasteiger partial charge is 0.335 e. The summed E-state index contributed by atoms with van der Waals surface area (Å²) in [6, 6.07) is 7.81. The van der Waals surface area contributed by atoms with Gasteiger partial charge in [0.25, 0.3) is 0 Å². The Morgan fingerprint density at radius 1 is 0.850 bits per heavy atom. The van der Waals surface area contributed by atoms with Crippen LogP contribution < -0.4 is 5.73 Å². The Kier molecular flexibility index (Phi) is 10.3. The molecule has 10 unspecified atom stereocenters. The van der Waals surface area contributed by atoms with E-state index in [-0.39, 0.29) is 14.9 Å². The third-order valence-electron chi connectivity index (χ3n) is 13.3. The average Bonchev–Trinajstić information content (AvgIpc) is 3.34. The van der Waals surface area contributed by atoms with E-state index in [1.165, 1.54) is 82.6 Å². The first-order valence-electron chi connectivity index (χ1n) is 16.2. The molecule has 3 N–H and O–H groups in total. The maximum Gasteiger partial charge on any atom is 0.335 e. The highest BCUT2D eigenvalue weighted by Crippen LogP contribution is 2.72. The van der Waals surface area contributed by atoms with Crippen molar-refractivity contribution in [1.82, 2.24) is 0 Å². The van der Waals surface area contributed by atoms with Gasteiger partial charge in [-0.1, -0.05) is 74.4 Å². The molecular weight excluding hydrogens is 490 g/mol. The second-order valence-electron chi connectivity index (χ2n) is 14.8. The highest BCUT2D eigenvalue weighted by Gasteiger charge is 2.64. The van der Waals surface area contributed by atoms with Crippen LogP contribution in [0, 0.1) is 51.8 Å². The Hall–Kier alpha value is -1.35. The van der Waals surface area contributed by atoms with Crippen LogP contribution in [0.15, 0.2) is 24.3 Å². The lowest BCUT2D eigenvalue weighted by Gasteiger charge is -2.68. The number of carboxylic acid groups (broad SMARTS) is 1. The van der Waals surface area contributed by atoms with Crippen LogP contribution in [0.2, 0.25) is 0 Å². The van der Waals surface area contributed by atoms with Gasteiger partial charge in [-0.15, -0.1) is 0 Å². The molecule has 0 spiro atoms. The Balaban J connectivity index is 0.000000846. The van der Waals surface area contributed by atoms with Crippen LogP contribution in [0.4, 0.5) is 0 Å². The number of rotatable bonds is 3. The van der Waals surface area contributed by atoms with Gasteiger partial charge < -0.3 is 10.8 Å². The van der Waals surface area contributed by atoms with E-state index in [9.17, 15) is 9.90 Å². The summed E-state index contributed by atoms with van der Waals surface area (Å²) < 4.78 is 0. The maximum absolute atomic E-state index is 11.3. The Morgan fingerprint density at radius 3 is 2.08 bits per heavy atom. The van der Waals surface area contributed by atoms with Gasteiger partial charge in [0.2, 0.25) is 0 Å². The van der Waals surface area contributed by atoms with Gasteiger partial charge in [0, 0.05) is 0 Å². The van der Waals surface area contributed by atoms with Gasteiger partial charge in [0.1, 0.15) is 0 Å². The predicted octanol–water partition coefficient (Wildman–Crippen LogP) is 10.2. The number of fused-ring (bicyclic) bond motifs is 7. The van der Waals surface area contributed by atoms with Crippen molar-refractivity contribution in [2.75, 3.05) is 6.54 Å². The average molecular weight is 554 g/mol. The zero-order chi connectivity index (χ0) is 27.3. The summed E-state index contributed by atoms with van der Waals surface area (Å²) in [4.78, 5) is 11.3. The van der Waals surface area contributed by atoms with Crippen LogP contribution in [0.5, 0.6) is 0 Å². The van der Waals surface area contributed by atoms with E-state index in [1.54, 1.807) is 0 Å². The Labute approximate surface area is 247 Å². The predicted molar refractivity (Wildman–Crippen MR) is 171 cm³/mol. The molecule has 5 saturated carbocycles. The van der Waals surface area contributed by atoms with Crippen molar-refractivity contribution in [1.29, 1.82) is 0 Å². The number of carbonyl (C=O) groups is 1. The second-order valence-corrected chi connectivity index (χ2v) is 14.8. The monoisotopic (exact) mass is 553 g/mol. The third-order valence-corrected chi connectivity index (χ3v) is 13.3. The molecule has 228 valence electrons. The summed E-state index contributed by atoms with van der Waals surface area (Å²) in [5, 5.41) is 9.32. The van der Waals surface area contributed by atoms with E-state index >= 15 is 0 Å². The molecule has 0 amide bonds. The van der Waals surface area contributed by atoms with Crippen molar-refractivity contribution >= 4 is 5.97 Å². The Morgan fingerprint density at radius 2 is 1.45 bits per heavy atom. The normalized spacial score (nSPS) is 43.2. The zero-order valence-electron chi connectivity index (χ0n) is 25.0. The molecule has 0 saturated heterocycles. The number of hydrogen-bond donors (Lipinski definition) is 2. The fraction of sp³-hybridized carbons (Fsp3) is 0.811. The third kappa shape index (κ3) is 5.09. The van der Waals surface area contributed by atoms with Crippen LogP contribution in [0.25, 0.3) is 0 Å². The highest BCUT2D eigenvalue weighted by molar-refractivity contribution is 5.87. The molecule has 0 aliphatic heterocycles. The lowest BCUT2D eigenvalue weighted by atomic mass is 9.37. The summed E-state index contributed by atoms with van der Waals surface area (Å²) in [7, 11) is 0. The van der Waals surface area contributed by atoms with Gasteiger partial charge in [-0.05, 0) is 146 Å². The molecule has 0 radical (unpaired) electrons. The molecule has 5 aliphatic rings. The topological polar surface area (TPSA) is 63.3 Å². The highest BCUT2D eigenvalue weighted by atomic mass is 16.4. The first kappa shape index (κ1) is 33.2. The van der Waals surface area contributed by atoms with E-state index in [2.05, 4.69) is 46.8 Å². The van der Waals surface area contributed by atoms with Crippen molar-refractivity contribution in [2.24, 2.45) is 57.5 Å². The van der Waals surface area contributed by atoms with Crippen LogP contribution in [0.1, 0.15) is 148 Å². The lowest BCUT2D eigenvalue weighted by molar-refractivity contribution is -0.184. The van der Waals surface area contributed by atoms with E-state index < -0.39 is 5.97 Å². The van der Waals surface area contributed by atoms with Crippen molar-refractivity contribution in [3.63, 3.8) is 0 Å². The fourth-order valence-corrected chi connectivity index (χ4v) is 11.7.